The summed E-state index contributed by atoms with van der Waals surface area (Å²) >= 11 is 1.70. The molecule has 4 fully saturated rings. The molecule has 6 heteroatoms. The second-order valence-electron chi connectivity index (χ2n) is 15.0. The molecule has 0 atom stereocenters. The maximum Gasteiger partial charge on any atom is 0.164 e. The maximum atomic E-state index is 9.46. The second kappa shape index (κ2) is 10.6. The third-order valence-electron chi connectivity index (χ3n) is 11.9. The lowest BCUT2D eigenvalue weighted by Gasteiger charge is -2.57. The first-order valence-corrected chi connectivity index (χ1v) is 18.5. The van der Waals surface area contributed by atoms with Gasteiger partial charge in [-0.1, -0.05) is 60.7 Å². The molecule has 4 bridgehead atoms. The zero-order valence-electron chi connectivity index (χ0n) is 27.4. The molecule has 3 heterocycles. The van der Waals surface area contributed by atoms with Crippen molar-refractivity contribution < 1.29 is 4.42 Å². The van der Waals surface area contributed by atoms with Crippen molar-refractivity contribution in [3.8, 4) is 40.2 Å². The fourth-order valence-corrected chi connectivity index (χ4v) is 11.2. The van der Waals surface area contributed by atoms with Crippen LogP contribution >= 0.6 is 11.3 Å². The van der Waals surface area contributed by atoms with E-state index in [2.05, 4.69) is 60.7 Å². The van der Waals surface area contributed by atoms with Crippen LogP contribution in [0.1, 0.15) is 49.7 Å². The van der Waals surface area contributed by atoms with Crippen LogP contribution in [0.4, 0.5) is 0 Å². The van der Waals surface area contributed by atoms with E-state index in [-0.39, 0.29) is 0 Å². The molecule has 0 aliphatic heterocycles. The van der Waals surface area contributed by atoms with Crippen molar-refractivity contribution in [1.29, 1.82) is 5.26 Å². The van der Waals surface area contributed by atoms with Gasteiger partial charge in [0, 0.05) is 47.6 Å². The largest absolute Gasteiger partial charge is 0.456 e. The van der Waals surface area contributed by atoms with E-state index >= 15 is 0 Å². The van der Waals surface area contributed by atoms with Crippen LogP contribution in [0.5, 0.6) is 0 Å². The van der Waals surface area contributed by atoms with Crippen molar-refractivity contribution in [2.24, 2.45) is 17.8 Å². The molecular formula is C44H32N4OS. The Morgan fingerprint density at radius 1 is 0.580 bits per heavy atom. The smallest absolute Gasteiger partial charge is 0.164 e. The minimum absolute atomic E-state index is 0.346. The van der Waals surface area contributed by atoms with Gasteiger partial charge in [-0.05, 0) is 110 Å². The number of hydrogen-bond donors (Lipinski definition) is 0. The van der Waals surface area contributed by atoms with Gasteiger partial charge in [0.05, 0.1) is 11.6 Å². The highest BCUT2D eigenvalue weighted by Gasteiger charge is 2.51. The van der Waals surface area contributed by atoms with Gasteiger partial charge in [-0.3, -0.25) is 0 Å². The number of fused-ring (bicyclic) bond motifs is 6. The molecule has 4 saturated carbocycles. The Morgan fingerprint density at radius 2 is 1.16 bits per heavy atom. The summed E-state index contributed by atoms with van der Waals surface area (Å²) in [6.07, 6.45) is 8.39. The number of benzene rings is 5. The van der Waals surface area contributed by atoms with Crippen molar-refractivity contribution in [1.82, 2.24) is 15.0 Å². The highest BCUT2D eigenvalue weighted by atomic mass is 32.1. The van der Waals surface area contributed by atoms with Gasteiger partial charge in [0.1, 0.15) is 11.2 Å². The maximum absolute atomic E-state index is 9.46. The number of furan rings is 1. The van der Waals surface area contributed by atoms with Gasteiger partial charge in [-0.15, -0.1) is 11.3 Å². The third-order valence-corrected chi connectivity index (χ3v) is 13.0. The van der Waals surface area contributed by atoms with E-state index in [1.54, 1.807) is 11.3 Å². The monoisotopic (exact) mass is 664 g/mol. The van der Waals surface area contributed by atoms with Crippen LogP contribution < -0.4 is 0 Å². The van der Waals surface area contributed by atoms with E-state index in [1.165, 1.54) is 49.5 Å². The highest BCUT2D eigenvalue weighted by Crippen LogP contribution is 2.60. The topological polar surface area (TPSA) is 75.6 Å². The molecule has 3 aromatic heterocycles. The van der Waals surface area contributed by atoms with E-state index in [1.807, 2.05) is 48.5 Å². The predicted octanol–water partition coefficient (Wildman–Crippen LogP) is 11.5. The van der Waals surface area contributed by atoms with Crippen LogP contribution in [-0.2, 0) is 5.41 Å². The lowest BCUT2D eigenvalue weighted by atomic mass is 9.48. The van der Waals surface area contributed by atoms with Gasteiger partial charge in [-0.25, -0.2) is 15.0 Å². The zero-order valence-corrected chi connectivity index (χ0v) is 28.2. The summed E-state index contributed by atoms with van der Waals surface area (Å²) in [6, 6.07) is 38.2. The summed E-state index contributed by atoms with van der Waals surface area (Å²) in [5, 5.41) is 13.9. The molecule has 0 unspecified atom stereocenters. The van der Waals surface area contributed by atoms with Gasteiger partial charge >= 0.3 is 0 Å². The lowest BCUT2D eigenvalue weighted by molar-refractivity contribution is -0.00518. The molecule has 12 rings (SSSR count). The number of nitrogens with zero attached hydrogens (tertiary/aromatic N) is 4. The van der Waals surface area contributed by atoms with Crippen molar-refractivity contribution in [3.63, 3.8) is 0 Å². The summed E-state index contributed by atoms with van der Waals surface area (Å²) in [5.41, 5.74) is 7.10. The van der Waals surface area contributed by atoms with Gasteiger partial charge in [0.25, 0.3) is 0 Å². The average Bonchev–Trinajstić information content (AvgIpc) is 3.71. The minimum Gasteiger partial charge on any atom is -0.456 e. The molecule has 0 N–H and O–H groups in total. The highest BCUT2D eigenvalue weighted by molar-refractivity contribution is 7.25. The van der Waals surface area contributed by atoms with E-state index in [9.17, 15) is 5.26 Å². The van der Waals surface area contributed by atoms with E-state index in [4.69, 9.17) is 19.4 Å². The standard InChI is InChI=1S/C44H32N4OS/c45-24-25-5-12-34-35-13-8-31(20-40(35)50-39(34)18-25)43-47-41(29-6-10-32(11-7-29)44-21-26-15-27(22-44)17-28(16-26)23-44)46-42(48-43)30-9-14-38-36(19-30)33-3-1-2-4-37(33)49-38/h1-14,18-20,26-28H,15-17,21-23H2/t26-,27-,28-,44?. The Hall–Kier alpha value is -5.38. The molecule has 0 saturated heterocycles. The normalized spacial score (nSPS) is 22.6. The molecule has 8 aromatic rings. The van der Waals surface area contributed by atoms with Crippen LogP contribution in [0.3, 0.4) is 0 Å². The molecule has 50 heavy (non-hydrogen) atoms. The first-order chi connectivity index (χ1) is 24.6. The van der Waals surface area contributed by atoms with Crippen molar-refractivity contribution in [2.75, 3.05) is 0 Å². The average molecular weight is 665 g/mol. The van der Waals surface area contributed by atoms with Crippen LogP contribution in [-0.4, -0.2) is 15.0 Å². The summed E-state index contributed by atoms with van der Waals surface area (Å²) in [6.45, 7) is 0. The van der Waals surface area contributed by atoms with Crippen LogP contribution in [0, 0.1) is 29.1 Å². The zero-order chi connectivity index (χ0) is 33.0. The Morgan fingerprint density at radius 3 is 1.88 bits per heavy atom. The summed E-state index contributed by atoms with van der Waals surface area (Å²) in [4.78, 5) is 15.4. The molecule has 5 aromatic carbocycles. The van der Waals surface area contributed by atoms with E-state index < -0.39 is 0 Å². The fraction of sp³-hybridized carbons (Fsp3) is 0.227. The van der Waals surface area contributed by atoms with Gasteiger partial charge in [0.2, 0.25) is 0 Å². The first kappa shape index (κ1) is 28.5. The number of rotatable bonds is 4. The third kappa shape index (κ3) is 4.39. The van der Waals surface area contributed by atoms with Crippen LogP contribution in [0.25, 0.3) is 76.3 Å². The lowest BCUT2D eigenvalue weighted by Crippen LogP contribution is -2.48. The minimum atomic E-state index is 0.346. The molecule has 0 amide bonds. The van der Waals surface area contributed by atoms with Gasteiger partial charge in [-0.2, -0.15) is 5.26 Å². The Labute approximate surface area is 293 Å². The van der Waals surface area contributed by atoms with Gasteiger partial charge in [0.15, 0.2) is 17.5 Å². The number of para-hydroxylation sites is 1. The fourth-order valence-electron chi connectivity index (χ4n) is 10.1. The summed E-state index contributed by atoms with van der Waals surface area (Å²) < 4.78 is 8.38. The van der Waals surface area contributed by atoms with Crippen molar-refractivity contribution in [3.05, 3.63) is 114 Å². The van der Waals surface area contributed by atoms with Crippen molar-refractivity contribution >= 4 is 53.4 Å². The quantitative estimate of drug-likeness (QED) is 0.187. The van der Waals surface area contributed by atoms with E-state index in [0.29, 0.717) is 28.5 Å². The number of aromatic nitrogens is 3. The Kier molecular flexibility index (Phi) is 6.01. The molecule has 5 nitrogen and oxygen atoms in total. The van der Waals surface area contributed by atoms with Crippen LogP contribution in [0.15, 0.2) is 108 Å². The molecule has 0 spiro atoms. The van der Waals surface area contributed by atoms with Gasteiger partial charge < -0.3 is 4.42 Å². The molecule has 0 radical (unpaired) electrons. The van der Waals surface area contributed by atoms with Crippen LogP contribution in [0.2, 0.25) is 0 Å². The Balaban J connectivity index is 1.05. The summed E-state index contributed by atoms with van der Waals surface area (Å²) in [5.74, 6) is 4.68. The second-order valence-corrected chi connectivity index (χ2v) is 16.1. The number of thiophene rings is 1. The summed E-state index contributed by atoms with van der Waals surface area (Å²) in [7, 11) is 0. The molecule has 240 valence electrons. The molecule has 4 aliphatic carbocycles. The predicted molar refractivity (Wildman–Crippen MR) is 201 cm³/mol. The molecular weight excluding hydrogens is 633 g/mol. The first-order valence-electron chi connectivity index (χ1n) is 17.7. The number of hydrogen-bond acceptors (Lipinski definition) is 6. The SMILES string of the molecule is N#Cc1ccc2c(c1)sc1cc(-c3nc(-c4ccc(C56C[C@H]7C[C@H](C5)C[C@@H](C6)C7)cc4)nc(-c4ccc5oc6ccccc6c5c4)n3)ccc12. The molecule has 4 aliphatic rings. The Bertz CT molecular complexity index is 2680. The van der Waals surface area contributed by atoms with Crippen molar-refractivity contribution in [2.45, 2.75) is 43.9 Å². The van der Waals surface area contributed by atoms with E-state index in [0.717, 1.165) is 71.2 Å². The number of nitriles is 1.